The normalized spacial score (nSPS) is 17.6. The zero-order valence-electron chi connectivity index (χ0n) is 12.9. The second-order valence-electron chi connectivity index (χ2n) is 5.58. The number of rotatable bonds is 4. The van der Waals surface area contributed by atoms with E-state index in [2.05, 4.69) is 21.2 Å². The summed E-state index contributed by atoms with van der Waals surface area (Å²) in [5.41, 5.74) is 1.15. The fourth-order valence-electron chi connectivity index (χ4n) is 2.59. The van der Waals surface area contributed by atoms with Crippen LogP contribution in [0.5, 0.6) is 5.75 Å². The molecular weight excluding hydrogens is 332 g/mol. The Morgan fingerprint density at radius 2 is 2.10 bits per heavy atom. The number of amides is 1. The molecule has 1 aliphatic rings. The van der Waals surface area contributed by atoms with Crippen molar-refractivity contribution in [3.8, 4) is 5.75 Å². The average Bonchev–Trinajstić information content (AvgIpc) is 2.49. The summed E-state index contributed by atoms with van der Waals surface area (Å²) in [6.45, 7) is 5.44. The number of nitrogens with one attached hydrogen (secondary N) is 1. The molecule has 2 rings (SSSR count). The molecule has 4 nitrogen and oxygen atoms in total. The lowest BCUT2D eigenvalue weighted by atomic mass is 10.0. The van der Waals surface area contributed by atoms with Crippen LogP contribution in [0, 0.1) is 6.92 Å². The van der Waals surface area contributed by atoms with Gasteiger partial charge in [-0.25, -0.2) is 0 Å². The van der Waals surface area contributed by atoms with Gasteiger partial charge in [0.2, 0.25) is 0 Å². The van der Waals surface area contributed by atoms with E-state index in [0.29, 0.717) is 11.8 Å². The van der Waals surface area contributed by atoms with Crippen molar-refractivity contribution in [2.45, 2.75) is 38.8 Å². The molecule has 1 aliphatic heterocycles. The summed E-state index contributed by atoms with van der Waals surface area (Å²) in [5, 5.41) is 3.27. The highest BCUT2D eigenvalue weighted by Gasteiger charge is 2.26. The largest absolute Gasteiger partial charge is 0.480 e. The van der Waals surface area contributed by atoms with Gasteiger partial charge in [-0.05, 0) is 67.4 Å². The van der Waals surface area contributed by atoms with Crippen molar-refractivity contribution in [3.63, 3.8) is 0 Å². The van der Waals surface area contributed by atoms with Crippen LogP contribution in [-0.2, 0) is 4.79 Å². The molecule has 0 aromatic heterocycles. The van der Waals surface area contributed by atoms with Crippen LogP contribution in [0.25, 0.3) is 0 Å². The number of likely N-dealkylation sites (tertiary alicyclic amines) is 1. The highest BCUT2D eigenvalue weighted by molar-refractivity contribution is 9.10. The summed E-state index contributed by atoms with van der Waals surface area (Å²) in [6, 6.07) is 6.40. The van der Waals surface area contributed by atoms with E-state index in [-0.39, 0.29) is 5.91 Å². The molecular formula is C16H23BrN2O2. The molecule has 1 amide bonds. The Morgan fingerprint density at radius 1 is 1.43 bits per heavy atom. The predicted molar refractivity (Wildman–Crippen MR) is 87.6 cm³/mol. The molecule has 1 heterocycles. The third-order valence-electron chi connectivity index (χ3n) is 3.95. The maximum Gasteiger partial charge on any atom is 0.263 e. The Balaban J connectivity index is 1.93. The topological polar surface area (TPSA) is 41.6 Å². The molecule has 0 spiro atoms. The fourth-order valence-corrected chi connectivity index (χ4v) is 3.17. The molecule has 1 saturated heterocycles. The molecule has 1 aromatic rings. The van der Waals surface area contributed by atoms with Crippen LogP contribution in [-0.4, -0.2) is 43.1 Å². The first-order valence-electron chi connectivity index (χ1n) is 7.40. The van der Waals surface area contributed by atoms with Crippen molar-refractivity contribution in [1.82, 2.24) is 10.2 Å². The summed E-state index contributed by atoms with van der Waals surface area (Å²) in [5.74, 6) is 0.781. The minimum absolute atomic E-state index is 0.0667. The molecule has 0 radical (unpaired) electrons. The van der Waals surface area contributed by atoms with Crippen molar-refractivity contribution in [2.24, 2.45) is 0 Å². The number of ether oxygens (including phenoxy) is 1. The van der Waals surface area contributed by atoms with Gasteiger partial charge in [-0.3, -0.25) is 4.79 Å². The van der Waals surface area contributed by atoms with Crippen LogP contribution < -0.4 is 10.1 Å². The van der Waals surface area contributed by atoms with Gasteiger partial charge in [0.1, 0.15) is 5.75 Å². The van der Waals surface area contributed by atoms with Gasteiger partial charge in [0.25, 0.3) is 5.91 Å². The van der Waals surface area contributed by atoms with Crippen LogP contribution in [0.15, 0.2) is 22.7 Å². The molecule has 1 unspecified atom stereocenters. The maximum atomic E-state index is 12.4. The lowest BCUT2D eigenvalue weighted by Gasteiger charge is -2.33. The number of halogens is 1. The SMILES string of the molecule is CNC1CCN(C(=O)C(C)Oc2ccc(C)cc2Br)CC1. The van der Waals surface area contributed by atoms with E-state index >= 15 is 0 Å². The Kier molecular flexibility index (Phi) is 5.65. The number of piperidine rings is 1. The number of nitrogens with zero attached hydrogens (tertiary/aromatic N) is 1. The number of carbonyl (C=O) groups is 1. The van der Waals surface area contributed by atoms with Gasteiger partial charge in [-0.15, -0.1) is 0 Å². The van der Waals surface area contributed by atoms with Gasteiger partial charge in [-0.1, -0.05) is 6.07 Å². The maximum absolute atomic E-state index is 12.4. The monoisotopic (exact) mass is 354 g/mol. The first-order chi connectivity index (χ1) is 10.0. The Morgan fingerprint density at radius 3 is 2.67 bits per heavy atom. The second kappa shape index (κ2) is 7.27. The zero-order valence-corrected chi connectivity index (χ0v) is 14.4. The molecule has 0 saturated carbocycles. The van der Waals surface area contributed by atoms with Gasteiger partial charge >= 0.3 is 0 Å². The Labute approximate surface area is 135 Å². The molecule has 1 fully saturated rings. The van der Waals surface area contributed by atoms with Crippen molar-refractivity contribution < 1.29 is 9.53 Å². The van der Waals surface area contributed by atoms with Crippen LogP contribution in [0.4, 0.5) is 0 Å². The van der Waals surface area contributed by atoms with Crippen LogP contribution in [0.3, 0.4) is 0 Å². The summed E-state index contributed by atoms with van der Waals surface area (Å²) >= 11 is 3.48. The minimum Gasteiger partial charge on any atom is -0.480 e. The van der Waals surface area contributed by atoms with Crippen LogP contribution >= 0.6 is 15.9 Å². The fraction of sp³-hybridized carbons (Fsp3) is 0.562. The zero-order chi connectivity index (χ0) is 15.4. The summed E-state index contributed by atoms with van der Waals surface area (Å²) in [4.78, 5) is 14.3. The molecule has 1 N–H and O–H groups in total. The van der Waals surface area contributed by atoms with Crippen molar-refractivity contribution in [3.05, 3.63) is 28.2 Å². The van der Waals surface area contributed by atoms with E-state index < -0.39 is 6.10 Å². The number of hydrogen-bond acceptors (Lipinski definition) is 3. The van der Waals surface area contributed by atoms with E-state index in [1.54, 1.807) is 0 Å². The van der Waals surface area contributed by atoms with Gasteiger partial charge in [0.15, 0.2) is 6.10 Å². The Hall–Kier alpha value is -1.07. The predicted octanol–water partition coefficient (Wildman–Crippen LogP) is 2.74. The van der Waals surface area contributed by atoms with E-state index in [1.165, 1.54) is 0 Å². The average molecular weight is 355 g/mol. The van der Waals surface area contributed by atoms with E-state index in [0.717, 1.165) is 36.0 Å². The number of benzene rings is 1. The van der Waals surface area contributed by atoms with Gasteiger partial charge in [0.05, 0.1) is 4.47 Å². The quantitative estimate of drug-likeness (QED) is 0.903. The lowest BCUT2D eigenvalue weighted by Crippen LogP contribution is -2.48. The van der Waals surface area contributed by atoms with Crippen LogP contribution in [0.2, 0.25) is 0 Å². The molecule has 0 bridgehead atoms. The van der Waals surface area contributed by atoms with Crippen molar-refractivity contribution in [2.75, 3.05) is 20.1 Å². The molecule has 21 heavy (non-hydrogen) atoms. The van der Waals surface area contributed by atoms with Crippen LogP contribution in [0.1, 0.15) is 25.3 Å². The highest BCUT2D eigenvalue weighted by atomic mass is 79.9. The molecule has 1 aromatic carbocycles. The second-order valence-corrected chi connectivity index (χ2v) is 6.44. The van der Waals surface area contributed by atoms with Gasteiger partial charge in [0, 0.05) is 19.1 Å². The number of carbonyl (C=O) groups excluding carboxylic acids is 1. The summed E-state index contributed by atoms with van der Waals surface area (Å²) in [6.07, 6.45) is 1.54. The van der Waals surface area contributed by atoms with Crippen molar-refractivity contribution >= 4 is 21.8 Å². The summed E-state index contributed by atoms with van der Waals surface area (Å²) < 4.78 is 6.70. The summed E-state index contributed by atoms with van der Waals surface area (Å²) in [7, 11) is 1.98. The van der Waals surface area contributed by atoms with Crippen molar-refractivity contribution in [1.29, 1.82) is 0 Å². The standard InChI is InChI=1S/C16H23BrN2O2/c1-11-4-5-15(14(17)10-11)21-12(2)16(20)19-8-6-13(18-3)7-9-19/h4-5,10,12-13,18H,6-9H2,1-3H3. The minimum atomic E-state index is -0.463. The lowest BCUT2D eigenvalue weighted by molar-refractivity contribution is -0.139. The van der Waals surface area contributed by atoms with Gasteiger partial charge in [-0.2, -0.15) is 0 Å². The molecule has 0 aliphatic carbocycles. The number of hydrogen-bond donors (Lipinski definition) is 1. The highest BCUT2D eigenvalue weighted by Crippen LogP contribution is 2.27. The third kappa shape index (κ3) is 4.20. The first-order valence-corrected chi connectivity index (χ1v) is 8.19. The van der Waals surface area contributed by atoms with E-state index in [9.17, 15) is 4.79 Å². The molecule has 1 atom stereocenters. The first kappa shape index (κ1) is 16.3. The Bertz CT molecular complexity index is 499. The third-order valence-corrected chi connectivity index (χ3v) is 4.57. The smallest absolute Gasteiger partial charge is 0.263 e. The van der Waals surface area contributed by atoms with Gasteiger partial charge < -0.3 is 15.0 Å². The van der Waals surface area contributed by atoms with E-state index in [4.69, 9.17) is 4.74 Å². The van der Waals surface area contributed by atoms with E-state index in [1.807, 2.05) is 44.0 Å². The molecule has 116 valence electrons. The molecule has 5 heteroatoms. The number of aryl methyl sites for hydroxylation is 1.